The number of carbonyl (C=O) groups is 1. The number of para-hydroxylation sites is 1. The average molecular weight is 324 g/mol. The van der Waals surface area contributed by atoms with Crippen molar-refractivity contribution in [2.45, 2.75) is 6.42 Å². The molecule has 1 heterocycles. The number of fused-ring (bicyclic) bond motifs is 1. The van der Waals surface area contributed by atoms with Crippen LogP contribution < -0.4 is 10.1 Å². The van der Waals surface area contributed by atoms with E-state index in [1.165, 1.54) is 18.1 Å². The Morgan fingerprint density at radius 3 is 2.54 bits per heavy atom. The third-order valence-corrected chi connectivity index (χ3v) is 3.99. The predicted molar refractivity (Wildman–Crippen MR) is 93.9 cm³/mol. The van der Waals surface area contributed by atoms with Crippen molar-refractivity contribution in [1.82, 2.24) is 9.88 Å². The molecule has 1 N–H and O–H groups in total. The predicted octanol–water partition coefficient (Wildman–Crippen LogP) is 3.54. The number of hydrogen-bond acceptors (Lipinski definition) is 3. The molecule has 1 amide bonds. The number of carbonyl (C=O) groups excluding carboxylic acids is 1. The Morgan fingerprint density at radius 1 is 1.08 bits per heavy atom. The van der Waals surface area contributed by atoms with E-state index in [1.54, 1.807) is 7.11 Å². The number of benzene rings is 2. The summed E-state index contributed by atoms with van der Waals surface area (Å²) in [6, 6.07) is 16.2. The first-order chi connectivity index (χ1) is 11.7. The SMILES string of the molecule is COC(=O)NCCc1cn(-c2ccc(OC)cc2)c2ccccc12. The number of rotatable bonds is 5. The fraction of sp³-hybridized carbons (Fsp3) is 0.211. The van der Waals surface area contributed by atoms with E-state index in [0.717, 1.165) is 23.4 Å². The van der Waals surface area contributed by atoms with Gasteiger partial charge in [0.05, 0.1) is 19.7 Å². The molecule has 0 aliphatic rings. The summed E-state index contributed by atoms with van der Waals surface area (Å²) in [6.07, 6.45) is 2.44. The summed E-state index contributed by atoms with van der Waals surface area (Å²) in [5, 5.41) is 3.90. The van der Waals surface area contributed by atoms with Crippen LogP contribution >= 0.6 is 0 Å². The largest absolute Gasteiger partial charge is 0.497 e. The minimum Gasteiger partial charge on any atom is -0.497 e. The second kappa shape index (κ2) is 7.08. The van der Waals surface area contributed by atoms with Crippen LogP contribution in [-0.4, -0.2) is 31.4 Å². The van der Waals surface area contributed by atoms with Gasteiger partial charge in [-0.05, 0) is 42.3 Å². The van der Waals surface area contributed by atoms with Crippen molar-refractivity contribution in [2.24, 2.45) is 0 Å². The van der Waals surface area contributed by atoms with Gasteiger partial charge in [-0.25, -0.2) is 4.79 Å². The fourth-order valence-corrected chi connectivity index (χ4v) is 2.78. The Morgan fingerprint density at radius 2 is 1.83 bits per heavy atom. The molecule has 3 aromatic rings. The Kier molecular flexibility index (Phi) is 4.70. The summed E-state index contributed by atoms with van der Waals surface area (Å²) in [5.41, 5.74) is 3.38. The molecular weight excluding hydrogens is 304 g/mol. The van der Waals surface area contributed by atoms with Gasteiger partial charge >= 0.3 is 6.09 Å². The van der Waals surface area contributed by atoms with Crippen LogP contribution in [-0.2, 0) is 11.2 Å². The van der Waals surface area contributed by atoms with Gasteiger partial charge in [-0.15, -0.1) is 0 Å². The van der Waals surface area contributed by atoms with E-state index in [4.69, 9.17) is 4.74 Å². The van der Waals surface area contributed by atoms with Crippen LogP contribution in [0.2, 0.25) is 0 Å². The monoisotopic (exact) mass is 324 g/mol. The third-order valence-electron chi connectivity index (χ3n) is 3.99. The number of methoxy groups -OCH3 is 2. The second-order valence-corrected chi connectivity index (χ2v) is 5.41. The van der Waals surface area contributed by atoms with Crippen LogP contribution in [0.1, 0.15) is 5.56 Å². The zero-order valence-corrected chi connectivity index (χ0v) is 13.8. The molecule has 5 nitrogen and oxygen atoms in total. The number of nitrogens with one attached hydrogen (secondary N) is 1. The zero-order chi connectivity index (χ0) is 16.9. The quantitative estimate of drug-likeness (QED) is 0.781. The fourth-order valence-electron chi connectivity index (χ4n) is 2.78. The standard InChI is InChI=1S/C19H20N2O3/c1-23-16-9-7-15(8-10-16)21-13-14(11-12-20-19(22)24-2)17-5-3-4-6-18(17)21/h3-10,13H,11-12H2,1-2H3,(H,20,22). The van der Waals surface area contributed by atoms with E-state index >= 15 is 0 Å². The van der Waals surface area contributed by atoms with Gasteiger partial charge in [-0.2, -0.15) is 0 Å². The first kappa shape index (κ1) is 15.9. The molecule has 0 aliphatic carbocycles. The topological polar surface area (TPSA) is 52.5 Å². The first-order valence-electron chi connectivity index (χ1n) is 7.78. The molecule has 0 spiro atoms. The van der Waals surface area contributed by atoms with Gasteiger partial charge in [0.15, 0.2) is 0 Å². The smallest absolute Gasteiger partial charge is 0.406 e. The van der Waals surface area contributed by atoms with Gasteiger partial charge < -0.3 is 19.4 Å². The van der Waals surface area contributed by atoms with Crippen molar-refractivity contribution in [1.29, 1.82) is 0 Å². The minimum atomic E-state index is -0.408. The molecule has 0 saturated heterocycles. The summed E-state index contributed by atoms with van der Waals surface area (Å²) >= 11 is 0. The van der Waals surface area contributed by atoms with Crippen molar-refractivity contribution >= 4 is 17.0 Å². The average Bonchev–Trinajstić information content (AvgIpc) is 3.00. The van der Waals surface area contributed by atoms with Gasteiger partial charge in [-0.1, -0.05) is 18.2 Å². The van der Waals surface area contributed by atoms with Gasteiger partial charge in [0.2, 0.25) is 0 Å². The summed E-state index contributed by atoms with van der Waals surface area (Å²) in [6.45, 7) is 0.531. The lowest BCUT2D eigenvalue weighted by Gasteiger charge is -2.06. The lowest BCUT2D eigenvalue weighted by atomic mass is 10.1. The molecule has 0 aliphatic heterocycles. The summed E-state index contributed by atoms with van der Waals surface area (Å²) in [7, 11) is 3.03. The number of aromatic nitrogens is 1. The highest BCUT2D eigenvalue weighted by molar-refractivity contribution is 5.85. The lowest BCUT2D eigenvalue weighted by molar-refractivity contribution is 0.171. The van der Waals surface area contributed by atoms with Crippen molar-refractivity contribution in [2.75, 3.05) is 20.8 Å². The van der Waals surface area contributed by atoms with Crippen molar-refractivity contribution in [3.05, 3.63) is 60.3 Å². The molecule has 0 unspecified atom stereocenters. The Balaban J connectivity index is 1.92. The van der Waals surface area contributed by atoms with E-state index in [1.807, 2.05) is 36.4 Å². The highest BCUT2D eigenvalue weighted by atomic mass is 16.5. The minimum absolute atomic E-state index is 0.408. The van der Waals surface area contributed by atoms with Gasteiger partial charge in [0.1, 0.15) is 5.75 Å². The molecule has 24 heavy (non-hydrogen) atoms. The molecule has 2 aromatic carbocycles. The van der Waals surface area contributed by atoms with Gasteiger partial charge in [-0.3, -0.25) is 0 Å². The van der Waals surface area contributed by atoms with Crippen LogP contribution in [0.25, 0.3) is 16.6 Å². The molecular formula is C19H20N2O3. The van der Waals surface area contributed by atoms with E-state index in [2.05, 4.69) is 33.0 Å². The van der Waals surface area contributed by atoms with Crippen molar-refractivity contribution in [3.63, 3.8) is 0 Å². The van der Waals surface area contributed by atoms with E-state index < -0.39 is 6.09 Å². The highest BCUT2D eigenvalue weighted by Crippen LogP contribution is 2.26. The third kappa shape index (κ3) is 3.20. The number of nitrogens with zero attached hydrogens (tertiary/aromatic N) is 1. The van der Waals surface area contributed by atoms with Crippen LogP contribution in [0.3, 0.4) is 0 Å². The molecule has 0 bridgehead atoms. The second-order valence-electron chi connectivity index (χ2n) is 5.41. The maximum atomic E-state index is 11.2. The molecule has 0 atom stereocenters. The maximum absolute atomic E-state index is 11.2. The van der Waals surface area contributed by atoms with Crippen LogP contribution in [0.4, 0.5) is 4.79 Å². The normalized spacial score (nSPS) is 10.6. The molecule has 0 fully saturated rings. The molecule has 1 aromatic heterocycles. The Labute approximate surface area is 140 Å². The van der Waals surface area contributed by atoms with Crippen LogP contribution in [0.15, 0.2) is 54.7 Å². The number of amides is 1. The van der Waals surface area contributed by atoms with Crippen molar-refractivity contribution in [3.8, 4) is 11.4 Å². The Bertz CT molecular complexity index is 837. The van der Waals surface area contributed by atoms with E-state index in [9.17, 15) is 4.79 Å². The summed E-state index contributed by atoms with van der Waals surface area (Å²) in [5.74, 6) is 0.831. The molecule has 124 valence electrons. The van der Waals surface area contributed by atoms with E-state index in [0.29, 0.717) is 6.54 Å². The molecule has 3 rings (SSSR count). The van der Waals surface area contributed by atoms with Crippen molar-refractivity contribution < 1.29 is 14.3 Å². The molecule has 5 heteroatoms. The number of ether oxygens (including phenoxy) is 2. The number of alkyl carbamates (subject to hydrolysis) is 1. The Hall–Kier alpha value is -2.95. The van der Waals surface area contributed by atoms with E-state index in [-0.39, 0.29) is 0 Å². The maximum Gasteiger partial charge on any atom is 0.406 e. The highest BCUT2D eigenvalue weighted by Gasteiger charge is 2.10. The van der Waals surface area contributed by atoms with Gasteiger partial charge in [0.25, 0.3) is 0 Å². The van der Waals surface area contributed by atoms with Gasteiger partial charge in [0, 0.05) is 23.8 Å². The van der Waals surface area contributed by atoms with Crippen LogP contribution in [0, 0.1) is 0 Å². The first-order valence-corrected chi connectivity index (χ1v) is 7.78. The summed E-state index contributed by atoms with van der Waals surface area (Å²) in [4.78, 5) is 11.2. The summed E-state index contributed by atoms with van der Waals surface area (Å²) < 4.78 is 12.0. The van der Waals surface area contributed by atoms with Crippen LogP contribution in [0.5, 0.6) is 5.75 Å². The molecule has 0 saturated carbocycles. The molecule has 0 radical (unpaired) electrons. The lowest BCUT2D eigenvalue weighted by Crippen LogP contribution is -2.25. The number of hydrogen-bond donors (Lipinski definition) is 1. The zero-order valence-electron chi connectivity index (χ0n) is 13.8.